The van der Waals surface area contributed by atoms with E-state index in [1.165, 1.54) is 0 Å². The summed E-state index contributed by atoms with van der Waals surface area (Å²) in [5.41, 5.74) is 1.25. The van der Waals surface area contributed by atoms with E-state index in [0.29, 0.717) is 34.7 Å². The van der Waals surface area contributed by atoms with E-state index in [2.05, 4.69) is 25.1 Å². The van der Waals surface area contributed by atoms with E-state index >= 15 is 0 Å². The lowest BCUT2D eigenvalue weighted by Crippen LogP contribution is -1.96. The molecular formula is C17H13N5O3. The van der Waals surface area contributed by atoms with Gasteiger partial charge in [-0.2, -0.15) is 9.97 Å². The number of nitrogens with zero attached hydrogens (tertiary/aromatic N) is 5. The zero-order chi connectivity index (χ0) is 17.1. The molecule has 0 aliphatic heterocycles. The third-order valence-electron chi connectivity index (χ3n) is 3.28. The van der Waals surface area contributed by atoms with Gasteiger partial charge in [-0.25, -0.2) is 4.98 Å². The van der Waals surface area contributed by atoms with Crippen molar-refractivity contribution in [3.63, 3.8) is 0 Å². The Bertz CT molecular complexity index is 1000. The van der Waals surface area contributed by atoms with Gasteiger partial charge in [-0.1, -0.05) is 5.16 Å². The molecule has 8 nitrogen and oxygen atoms in total. The molecule has 1 aromatic carbocycles. The van der Waals surface area contributed by atoms with Gasteiger partial charge in [0.05, 0.1) is 0 Å². The molecule has 8 heteroatoms. The van der Waals surface area contributed by atoms with Crippen molar-refractivity contribution in [3.8, 4) is 17.4 Å². The quantitative estimate of drug-likeness (QED) is 0.549. The van der Waals surface area contributed by atoms with Crippen molar-refractivity contribution in [2.75, 3.05) is 0 Å². The van der Waals surface area contributed by atoms with Crippen LogP contribution in [0, 0.1) is 6.92 Å². The molecule has 0 radical (unpaired) electrons. The van der Waals surface area contributed by atoms with Crippen LogP contribution in [0.3, 0.4) is 0 Å². The number of rotatable bonds is 5. The number of ether oxygens (including phenoxy) is 2. The molecule has 4 aromatic rings. The van der Waals surface area contributed by atoms with Crippen molar-refractivity contribution in [1.82, 2.24) is 25.1 Å². The fourth-order valence-electron chi connectivity index (χ4n) is 2.16. The average molecular weight is 335 g/mol. The number of benzene rings is 1. The molecule has 0 unspecified atom stereocenters. The van der Waals surface area contributed by atoms with Crippen LogP contribution in [0.15, 0.2) is 53.3 Å². The largest absolute Gasteiger partial charge is 0.484 e. The summed E-state index contributed by atoms with van der Waals surface area (Å²) < 4.78 is 16.3. The predicted molar refractivity (Wildman–Crippen MR) is 87.2 cm³/mol. The maximum atomic E-state index is 5.73. The van der Waals surface area contributed by atoms with Gasteiger partial charge in [0.2, 0.25) is 5.88 Å². The zero-order valence-corrected chi connectivity index (χ0v) is 13.3. The van der Waals surface area contributed by atoms with Gasteiger partial charge in [-0.3, -0.25) is 4.98 Å². The topological polar surface area (TPSA) is 96.1 Å². The molecule has 0 fully saturated rings. The van der Waals surface area contributed by atoms with E-state index in [1.807, 2.05) is 6.07 Å². The molecule has 0 saturated heterocycles. The van der Waals surface area contributed by atoms with E-state index in [9.17, 15) is 0 Å². The fourth-order valence-corrected chi connectivity index (χ4v) is 2.16. The SMILES string of the molecule is Cc1noc(COc2ccc(Oc3ccc4nccnc4n3)cc2)n1. The standard InChI is InChI=1S/C17H13N5O3/c1-11-20-16(25-22-11)10-23-12-2-4-13(5-3-12)24-15-7-6-14-17(21-15)19-9-8-18-14/h2-9H,10H2,1H3. The minimum atomic E-state index is 0.214. The van der Waals surface area contributed by atoms with Gasteiger partial charge in [0.1, 0.15) is 17.0 Å². The summed E-state index contributed by atoms with van der Waals surface area (Å²) in [6.45, 7) is 1.97. The first-order valence-corrected chi connectivity index (χ1v) is 7.54. The lowest BCUT2D eigenvalue weighted by Gasteiger charge is -2.07. The van der Waals surface area contributed by atoms with Crippen LogP contribution in [0.5, 0.6) is 17.4 Å². The second kappa shape index (κ2) is 6.52. The van der Waals surface area contributed by atoms with Gasteiger partial charge in [-0.15, -0.1) is 0 Å². The zero-order valence-electron chi connectivity index (χ0n) is 13.3. The molecule has 0 aliphatic rings. The van der Waals surface area contributed by atoms with Crippen LogP contribution in [0.1, 0.15) is 11.7 Å². The van der Waals surface area contributed by atoms with Crippen molar-refractivity contribution in [2.45, 2.75) is 13.5 Å². The number of fused-ring (bicyclic) bond motifs is 1. The molecular weight excluding hydrogens is 322 g/mol. The van der Waals surface area contributed by atoms with E-state index in [4.69, 9.17) is 14.0 Å². The summed E-state index contributed by atoms with van der Waals surface area (Å²) in [5, 5.41) is 3.71. The van der Waals surface area contributed by atoms with Crippen LogP contribution in [-0.2, 0) is 6.61 Å². The average Bonchev–Trinajstić information content (AvgIpc) is 3.06. The summed E-state index contributed by atoms with van der Waals surface area (Å²) >= 11 is 0. The highest BCUT2D eigenvalue weighted by molar-refractivity contribution is 5.69. The van der Waals surface area contributed by atoms with Crippen LogP contribution in [0.2, 0.25) is 0 Å². The highest BCUT2D eigenvalue weighted by Crippen LogP contribution is 2.23. The van der Waals surface area contributed by atoms with Crippen LogP contribution in [-0.4, -0.2) is 25.1 Å². The molecule has 3 heterocycles. The second-order valence-corrected chi connectivity index (χ2v) is 5.15. The summed E-state index contributed by atoms with van der Waals surface area (Å²) in [6, 6.07) is 10.7. The van der Waals surface area contributed by atoms with Crippen molar-refractivity contribution in [3.05, 3.63) is 60.5 Å². The molecule has 25 heavy (non-hydrogen) atoms. The minimum Gasteiger partial charge on any atom is -0.484 e. The number of hydrogen-bond donors (Lipinski definition) is 0. The first kappa shape index (κ1) is 15.0. The Labute approximate surface area is 142 Å². The normalized spacial score (nSPS) is 10.8. The molecule has 0 N–H and O–H groups in total. The first-order valence-electron chi connectivity index (χ1n) is 7.54. The van der Waals surface area contributed by atoms with E-state index in [0.717, 1.165) is 5.52 Å². The summed E-state index contributed by atoms with van der Waals surface area (Å²) in [4.78, 5) is 16.7. The maximum absolute atomic E-state index is 5.73. The summed E-state index contributed by atoms with van der Waals surface area (Å²) in [5.74, 6) is 2.76. The Morgan fingerprint density at radius 1 is 0.920 bits per heavy atom. The summed E-state index contributed by atoms with van der Waals surface area (Å²) in [7, 11) is 0. The lowest BCUT2D eigenvalue weighted by molar-refractivity contribution is 0.242. The van der Waals surface area contributed by atoms with Crippen LogP contribution >= 0.6 is 0 Å². The number of pyridine rings is 1. The van der Waals surface area contributed by atoms with Crippen LogP contribution < -0.4 is 9.47 Å². The van der Waals surface area contributed by atoms with E-state index in [-0.39, 0.29) is 6.61 Å². The molecule has 0 saturated carbocycles. The Balaban J connectivity index is 1.42. The fraction of sp³-hybridized carbons (Fsp3) is 0.118. The number of aryl methyl sites for hydroxylation is 1. The third-order valence-corrected chi connectivity index (χ3v) is 3.28. The van der Waals surface area contributed by atoms with Gasteiger partial charge < -0.3 is 14.0 Å². The first-order chi connectivity index (χ1) is 12.3. The van der Waals surface area contributed by atoms with Crippen molar-refractivity contribution < 1.29 is 14.0 Å². The van der Waals surface area contributed by atoms with Gasteiger partial charge in [0.25, 0.3) is 5.89 Å². The number of hydrogen-bond acceptors (Lipinski definition) is 8. The number of aromatic nitrogens is 5. The van der Waals surface area contributed by atoms with Crippen molar-refractivity contribution in [2.24, 2.45) is 0 Å². The van der Waals surface area contributed by atoms with Gasteiger partial charge in [0.15, 0.2) is 18.1 Å². The molecule has 0 aliphatic carbocycles. The molecule has 0 spiro atoms. The smallest absolute Gasteiger partial charge is 0.264 e. The van der Waals surface area contributed by atoms with E-state index < -0.39 is 0 Å². The van der Waals surface area contributed by atoms with E-state index in [1.54, 1.807) is 49.6 Å². The van der Waals surface area contributed by atoms with Crippen LogP contribution in [0.25, 0.3) is 11.2 Å². The molecule has 0 bridgehead atoms. The lowest BCUT2D eigenvalue weighted by atomic mass is 10.3. The molecule has 124 valence electrons. The highest BCUT2D eigenvalue weighted by Gasteiger charge is 2.05. The monoisotopic (exact) mass is 335 g/mol. The molecule has 4 rings (SSSR count). The minimum absolute atomic E-state index is 0.214. The highest BCUT2D eigenvalue weighted by atomic mass is 16.5. The van der Waals surface area contributed by atoms with Gasteiger partial charge in [0, 0.05) is 18.5 Å². The van der Waals surface area contributed by atoms with Crippen molar-refractivity contribution >= 4 is 11.2 Å². The second-order valence-electron chi connectivity index (χ2n) is 5.15. The maximum Gasteiger partial charge on any atom is 0.264 e. The predicted octanol–water partition coefficient (Wildman–Crippen LogP) is 3.09. The molecule has 3 aromatic heterocycles. The Kier molecular flexibility index (Phi) is 3.91. The van der Waals surface area contributed by atoms with Gasteiger partial charge >= 0.3 is 0 Å². The molecule has 0 atom stereocenters. The van der Waals surface area contributed by atoms with Crippen molar-refractivity contribution in [1.29, 1.82) is 0 Å². The van der Waals surface area contributed by atoms with Gasteiger partial charge in [-0.05, 0) is 37.3 Å². The summed E-state index contributed by atoms with van der Waals surface area (Å²) in [6.07, 6.45) is 3.22. The Morgan fingerprint density at radius 3 is 2.52 bits per heavy atom. The Hall–Kier alpha value is -3.55. The molecule has 0 amide bonds. The third kappa shape index (κ3) is 3.52. The Morgan fingerprint density at radius 2 is 1.72 bits per heavy atom. The van der Waals surface area contributed by atoms with Crippen LogP contribution in [0.4, 0.5) is 0 Å².